The molecule has 0 spiro atoms. The fraction of sp³-hybridized carbons (Fsp3) is 0.818. The summed E-state index contributed by atoms with van der Waals surface area (Å²) < 4.78 is 52.2. The van der Waals surface area contributed by atoms with E-state index in [0.29, 0.717) is 4.90 Å². The first-order valence-electron chi connectivity index (χ1n) is 5.94. The van der Waals surface area contributed by atoms with E-state index in [9.17, 15) is 27.2 Å². The van der Waals surface area contributed by atoms with E-state index < -0.39 is 48.6 Å². The third-order valence-corrected chi connectivity index (χ3v) is 3.96. The molecule has 1 heterocycles. The Kier molecular flexibility index (Phi) is 3.22. The summed E-state index contributed by atoms with van der Waals surface area (Å²) in [6.07, 6.45) is -7.20. The van der Waals surface area contributed by atoms with Gasteiger partial charge in [0.05, 0.1) is 6.54 Å². The Morgan fingerprint density at radius 1 is 1.26 bits per heavy atom. The molecule has 2 atom stereocenters. The first-order valence-corrected chi connectivity index (χ1v) is 5.94. The number of halogens is 4. The van der Waals surface area contributed by atoms with E-state index >= 15 is 0 Å². The SMILES string of the molecule is O=C(O)[C@@H]1C[C@@H](F)CN1C(=O)C1(C(F)(F)F)CCC1. The van der Waals surface area contributed by atoms with Gasteiger partial charge in [-0.05, 0) is 12.8 Å². The predicted molar refractivity (Wildman–Crippen MR) is 55.0 cm³/mol. The lowest BCUT2D eigenvalue weighted by Crippen LogP contribution is -2.58. The fourth-order valence-corrected chi connectivity index (χ4v) is 2.67. The third kappa shape index (κ3) is 2.06. The zero-order valence-electron chi connectivity index (χ0n) is 9.91. The molecule has 2 aliphatic rings. The van der Waals surface area contributed by atoms with Crippen LogP contribution in [0.3, 0.4) is 0 Å². The summed E-state index contributed by atoms with van der Waals surface area (Å²) in [5.74, 6) is -2.76. The Morgan fingerprint density at radius 2 is 1.84 bits per heavy atom. The van der Waals surface area contributed by atoms with E-state index in [1.807, 2.05) is 0 Å². The van der Waals surface area contributed by atoms with E-state index in [1.165, 1.54) is 0 Å². The van der Waals surface area contributed by atoms with E-state index in [2.05, 4.69) is 0 Å². The summed E-state index contributed by atoms with van der Waals surface area (Å²) in [5.41, 5.74) is -2.51. The number of rotatable bonds is 2. The van der Waals surface area contributed by atoms with Crippen molar-refractivity contribution in [2.45, 2.75) is 44.1 Å². The van der Waals surface area contributed by atoms with Crippen molar-refractivity contribution in [3.63, 3.8) is 0 Å². The molecule has 1 aliphatic carbocycles. The Balaban J connectivity index is 2.25. The molecule has 1 N–H and O–H groups in total. The standard InChI is InChI=1S/C11H13F4NO3/c12-6-4-7(8(17)18)16(5-6)9(19)10(2-1-3-10)11(13,14)15/h6-7H,1-5H2,(H,17,18)/t6-,7+/m1/s1. The van der Waals surface area contributed by atoms with Crippen molar-refractivity contribution < 1.29 is 32.3 Å². The van der Waals surface area contributed by atoms with Gasteiger partial charge in [0.2, 0.25) is 5.91 Å². The average molecular weight is 283 g/mol. The van der Waals surface area contributed by atoms with Gasteiger partial charge < -0.3 is 10.0 Å². The van der Waals surface area contributed by atoms with E-state index in [0.717, 1.165) is 0 Å². The maximum Gasteiger partial charge on any atom is 0.403 e. The Labute approximate surface area is 106 Å². The highest BCUT2D eigenvalue weighted by Crippen LogP contribution is 2.54. The van der Waals surface area contributed by atoms with E-state index in [1.54, 1.807) is 0 Å². The van der Waals surface area contributed by atoms with Crippen LogP contribution in [0.1, 0.15) is 25.7 Å². The highest BCUT2D eigenvalue weighted by Gasteiger charge is 2.65. The number of hydrogen-bond donors (Lipinski definition) is 1. The quantitative estimate of drug-likeness (QED) is 0.785. The first kappa shape index (κ1) is 14.1. The molecule has 2 rings (SSSR count). The molecule has 2 fully saturated rings. The Hall–Kier alpha value is -1.34. The number of carbonyl (C=O) groups is 2. The maximum atomic E-state index is 13.2. The second-order valence-electron chi connectivity index (χ2n) is 5.08. The molecule has 4 nitrogen and oxygen atoms in total. The van der Waals surface area contributed by atoms with Gasteiger partial charge in [-0.15, -0.1) is 0 Å². The number of carboxylic acids is 1. The van der Waals surface area contributed by atoms with Crippen LogP contribution in [0, 0.1) is 5.41 Å². The topological polar surface area (TPSA) is 57.6 Å². The van der Waals surface area contributed by atoms with Crippen molar-refractivity contribution in [3.8, 4) is 0 Å². The van der Waals surface area contributed by atoms with Crippen LogP contribution in [-0.4, -0.2) is 46.8 Å². The molecule has 8 heteroatoms. The Morgan fingerprint density at radius 3 is 2.21 bits per heavy atom. The van der Waals surface area contributed by atoms with Crippen molar-refractivity contribution in [1.82, 2.24) is 4.90 Å². The average Bonchev–Trinajstić information content (AvgIpc) is 2.55. The van der Waals surface area contributed by atoms with Gasteiger partial charge in [0.15, 0.2) is 0 Å². The summed E-state index contributed by atoms with van der Waals surface area (Å²) >= 11 is 0. The molecule has 0 aromatic carbocycles. The van der Waals surface area contributed by atoms with Crippen molar-refractivity contribution in [3.05, 3.63) is 0 Å². The van der Waals surface area contributed by atoms with Gasteiger partial charge in [-0.3, -0.25) is 4.79 Å². The van der Waals surface area contributed by atoms with Gasteiger partial charge in [-0.2, -0.15) is 13.2 Å². The third-order valence-electron chi connectivity index (χ3n) is 3.96. The summed E-state index contributed by atoms with van der Waals surface area (Å²) in [4.78, 5) is 23.5. The summed E-state index contributed by atoms with van der Waals surface area (Å²) in [5, 5.41) is 8.87. The zero-order chi connectivity index (χ0) is 14.4. The minimum Gasteiger partial charge on any atom is -0.480 e. The number of carboxylic acid groups (broad SMARTS) is 1. The van der Waals surface area contributed by atoms with Gasteiger partial charge >= 0.3 is 12.1 Å². The smallest absolute Gasteiger partial charge is 0.403 e. The van der Waals surface area contributed by atoms with Gasteiger partial charge in [0, 0.05) is 6.42 Å². The second kappa shape index (κ2) is 4.35. The number of amides is 1. The second-order valence-corrected chi connectivity index (χ2v) is 5.08. The van der Waals surface area contributed by atoms with Crippen LogP contribution >= 0.6 is 0 Å². The zero-order valence-corrected chi connectivity index (χ0v) is 9.91. The molecule has 1 saturated carbocycles. The van der Waals surface area contributed by atoms with Crippen LogP contribution in [-0.2, 0) is 9.59 Å². The number of carbonyl (C=O) groups excluding carboxylic acids is 1. The fourth-order valence-electron chi connectivity index (χ4n) is 2.67. The molecule has 0 aromatic heterocycles. The van der Waals surface area contributed by atoms with Crippen LogP contribution in [0.2, 0.25) is 0 Å². The highest BCUT2D eigenvalue weighted by molar-refractivity contribution is 5.89. The summed E-state index contributed by atoms with van der Waals surface area (Å²) in [6.45, 7) is -0.576. The van der Waals surface area contributed by atoms with Crippen LogP contribution in [0.15, 0.2) is 0 Å². The predicted octanol–water partition coefficient (Wildman–Crippen LogP) is 1.74. The number of nitrogens with zero attached hydrogens (tertiary/aromatic N) is 1. The van der Waals surface area contributed by atoms with Gasteiger partial charge in [0.1, 0.15) is 17.6 Å². The number of aliphatic carboxylic acids is 1. The molecule has 1 saturated heterocycles. The van der Waals surface area contributed by atoms with Crippen molar-refractivity contribution in [2.75, 3.05) is 6.54 Å². The summed E-state index contributed by atoms with van der Waals surface area (Å²) in [7, 11) is 0. The van der Waals surface area contributed by atoms with Crippen molar-refractivity contribution >= 4 is 11.9 Å². The molecule has 0 aromatic rings. The van der Waals surface area contributed by atoms with Gasteiger partial charge in [-0.1, -0.05) is 6.42 Å². The molecule has 0 unspecified atom stereocenters. The summed E-state index contributed by atoms with van der Waals surface area (Å²) in [6, 6.07) is -1.50. The first-order chi connectivity index (χ1) is 8.69. The van der Waals surface area contributed by atoms with Crippen molar-refractivity contribution in [2.24, 2.45) is 5.41 Å². The van der Waals surface area contributed by atoms with Crippen LogP contribution in [0.4, 0.5) is 17.6 Å². The molecule has 1 aliphatic heterocycles. The lowest BCUT2D eigenvalue weighted by molar-refractivity contribution is -0.249. The van der Waals surface area contributed by atoms with E-state index in [4.69, 9.17) is 5.11 Å². The largest absolute Gasteiger partial charge is 0.480 e. The molecule has 19 heavy (non-hydrogen) atoms. The number of alkyl halides is 4. The minimum atomic E-state index is -4.72. The lowest BCUT2D eigenvalue weighted by atomic mass is 9.67. The molecule has 0 radical (unpaired) electrons. The number of hydrogen-bond acceptors (Lipinski definition) is 2. The van der Waals surface area contributed by atoms with E-state index in [-0.39, 0.29) is 19.3 Å². The highest BCUT2D eigenvalue weighted by atomic mass is 19.4. The van der Waals surface area contributed by atoms with Crippen LogP contribution in [0.25, 0.3) is 0 Å². The van der Waals surface area contributed by atoms with Crippen molar-refractivity contribution in [1.29, 1.82) is 0 Å². The Bertz CT molecular complexity index is 405. The van der Waals surface area contributed by atoms with Gasteiger partial charge in [0.25, 0.3) is 0 Å². The monoisotopic (exact) mass is 283 g/mol. The van der Waals surface area contributed by atoms with Crippen LogP contribution < -0.4 is 0 Å². The minimum absolute atomic E-state index is 0.260. The normalized spacial score (nSPS) is 30.0. The molecular formula is C11H13F4NO3. The van der Waals surface area contributed by atoms with Crippen LogP contribution in [0.5, 0.6) is 0 Å². The number of likely N-dealkylation sites (tertiary alicyclic amines) is 1. The maximum absolute atomic E-state index is 13.2. The molecule has 1 amide bonds. The molecule has 0 bridgehead atoms. The molecule has 108 valence electrons. The van der Waals surface area contributed by atoms with Gasteiger partial charge in [-0.25, -0.2) is 9.18 Å². The molecular weight excluding hydrogens is 270 g/mol. The lowest BCUT2D eigenvalue weighted by Gasteiger charge is -2.44.